The summed E-state index contributed by atoms with van der Waals surface area (Å²) < 4.78 is 35.4. The molecule has 4 heterocycles. The van der Waals surface area contributed by atoms with E-state index in [1.165, 1.54) is 0 Å². The zero-order valence-corrected chi connectivity index (χ0v) is 11.7. The summed E-state index contributed by atoms with van der Waals surface area (Å²) in [6.45, 7) is 8.55. The van der Waals surface area contributed by atoms with E-state index in [2.05, 4.69) is 0 Å². The number of hydrogen-bond acceptors (Lipinski definition) is 6. The van der Waals surface area contributed by atoms with E-state index in [0.717, 1.165) is 0 Å². The Labute approximate surface area is 112 Å². The van der Waals surface area contributed by atoms with Gasteiger partial charge in [-0.15, -0.1) is 0 Å². The molecule has 0 radical (unpaired) electrons. The summed E-state index contributed by atoms with van der Waals surface area (Å²) in [5, 5.41) is 0. The standard InChI is InChI=1S/C13H20O6/c1-11(2)14-6-8(17-11)13-10-9(7(16-13)5-15-13)18-12(3,4)19-10/h7-10H,5-6H2,1-4H3/t7-,8?,9-,10-,13-/m1/s1. The summed E-state index contributed by atoms with van der Waals surface area (Å²) in [4.78, 5) is 0. The van der Waals surface area contributed by atoms with Crippen molar-refractivity contribution in [3.05, 3.63) is 0 Å². The minimum absolute atomic E-state index is 0.0842. The molecule has 1 unspecified atom stereocenters. The van der Waals surface area contributed by atoms with Crippen LogP contribution in [0.1, 0.15) is 27.7 Å². The van der Waals surface area contributed by atoms with Gasteiger partial charge in [-0.25, -0.2) is 0 Å². The molecule has 4 rings (SSSR count). The highest BCUT2D eigenvalue weighted by atomic mass is 16.9. The quantitative estimate of drug-likeness (QED) is 0.703. The van der Waals surface area contributed by atoms with Crippen molar-refractivity contribution in [3.8, 4) is 0 Å². The van der Waals surface area contributed by atoms with Gasteiger partial charge in [0.2, 0.25) is 5.79 Å². The highest BCUT2D eigenvalue weighted by Gasteiger charge is 2.72. The molecule has 0 aliphatic carbocycles. The molecule has 0 aromatic carbocycles. The van der Waals surface area contributed by atoms with Crippen LogP contribution in [0.4, 0.5) is 0 Å². The van der Waals surface area contributed by atoms with Gasteiger partial charge < -0.3 is 28.4 Å². The van der Waals surface area contributed by atoms with Gasteiger partial charge in [-0.1, -0.05) is 0 Å². The smallest absolute Gasteiger partial charge is 0.227 e. The van der Waals surface area contributed by atoms with E-state index >= 15 is 0 Å². The molecule has 4 saturated heterocycles. The van der Waals surface area contributed by atoms with Crippen molar-refractivity contribution in [2.75, 3.05) is 13.2 Å². The van der Waals surface area contributed by atoms with Gasteiger partial charge in [-0.3, -0.25) is 0 Å². The van der Waals surface area contributed by atoms with Crippen molar-refractivity contribution < 1.29 is 28.4 Å². The Kier molecular flexibility index (Phi) is 2.30. The Morgan fingerprint density at radius 1 is 0.789 bits per heavy atom. The highest BCUT2D eigenvalue weighted by Crippen LogP contribution is 2.52. The van der Waals surface area contributed by atoms with E-state index in [4.69, 9.17) is 28.4 Å². The molecule has 0 saturated carbocycles. The van der Waals surface area contributed by atoms with Gasteiger partial charge in [0.15, 0.2) is 11.6 Å². The average Bonchev–Trinajstić information content (AvgIpc) is 2.96. The molecule has 0 aromatic heterocycles. The number of ether oxygens (including phenoxy) is 6. The van der Waals surface area contributed by atoms with E-state index in [1.54, 1.807) is 0 Å². The predicted molar refractivity (Wildman–Crippen MR) is 62.3 cm³/mol. The molecule has 19 heavy (non-hydrogen) atoms. The lowest BCUT2D eigenvalue weighted by atomic mass is 9.98. The van der Waals surface area contributed by atoms with Crippen LogP contribution in [0.3, 0.4) is 0 Å². The van der Waals surface area contributed by atoms with Crippen molar-refractivity contribution in [3.63, 3.8) is 0 Å². The molecule has 4 aliphatic heterocycles. The Morgan fingerprint density at radius 2 is 1.58 bits per heavy atom. The molecule has 6 nitrogen and oxygen atoms in total. The lowest BCUT2D eigenvalue weighted by Gasteiger charge is -2.35. The Hall–Kier alpha value is -0.240. The van der Waals surface area contributed by atoms with E-state index in [1.807, 2.05) is 27.7 Å². The van der Waals surface area contributed by atoms with Gasteiger partial charge in [0, 0.05) is 0 Å². The minimum atomic E-state index is -0.892. The molecule has 6 heteroatoms. The molecule has 108 valence electrons. The van der Waals surface area contributed by atoms with Gasteiger partial charge >= 0.3 is 0 Å². The maximum atomic E-state index is 6.02. The van der Waals surface area contributed by atoms with Gasteiger partial charge in [0.25, 0.3) is 0 Å². The fraction of sp³-hybridized carbons (Fsp3) is 1.00. The first-order valence-corrected chi connectivity index (χ1v) is 6.81. The van der Waals surface area contributed by atoms with Crippen LogP contribution >= 0.6 is 0 Å². The van der Waals surface area contributed by atoms with Crippen molar-refractivity contribution >= 4 is 0 Å². The zero-order chi connectivity index (χ0) is 13.5. The molecule has 0 amide bonds. The number of hydrogen-bond donors (Lipinski definition) is 0. The van der Waals surface area contributed by atoms with E-state index in [-0.39, 0.29) is 24.4 Å². The summed E-state index contributed by atoms with van der Waals surface area (Å²) in [5.41, 5.74) is 0. The lowest BCUT2D eigenvalue weighted by Crippen LogP contribution is -2.56. The van der Waals surface area contributed by atoms with E-state index in [0.29, 0.717) is 13.2 Å². The van der Waals surface area contributed by atoms with Crippen LogP contribution in [0.2, 0.25) is 0 Å². The first-order chi connectivity index (χ1) is 8.81. The first-order valence-electron chi connectivity index (χ1n) is 6.81. The van der Waals surface area contributed by atoms with Crippen LogP contribution in [0.15, 0.2) is 0 Å². The molecule has 5 atom stereocenters. The highest BCUT2D eigenvalue weighted by molar-refractivity contribution is 5.10. The number of rotatable bonds is 1. The SMILES string of the molecule is CC1(C)OCC([C@@]23OC[C@@H](O2)[C@H]2OC(C)(C)O[C@H]23)O1. The molecule has 0 N–H and O–H groups in total. The maximum Gasteiger partial charge on any atom is 0.227 e. The van der Waals surface area contributed by atoms with E-state index in [9.17, 15) is 0 Å². The van der Waals surface area contributed by atoms with Crippen molar-refractivity contribution in [1.29, 1.82) is 0 Å². The first kappa shape index (κ1) is 12.5. The lowest BCUT2D eigenvalue weighted by molar-refractivity contribution is -0.286. The Bertz CT molecular complexity index is 408. The Balaban J connectivity index is 1.64. The summed E-state index contributed by atoms with van der Waals surface area (Å²) in [6.07, 6.45) is -0.723. The van der Waals surface area contributed by atoms with Gasteiger partial charge in [-0.05, 0) is 27.7 Å². The third-order valence-corrected chi connectivity index (χ3v) is 4.16. The number of fused-ring (bicyclic) bond motifs is 5. The molecular formula is C13H20O6. The molecule has 0 aromatic rings. The monoisotopic (exact) mass is 272 g/mol. The largest absolute Gasteiger partial charge is 0.348 e. The van der Waals surface area contributed by atoms with Crippen LogP contribution in [-0.2, 0) is 28.4 Å². The zero-order valence-electron chi connectivity index (χ0n) is 11.7. The fourth-order valence-corrected chi connectivity index (χ4v) is 3.44. The molecular weight excluding hydrogens is 252 g/mol. The van der Waals surface area contributed by atoms with Crippen LogP contribution in [0, 0.1) is 0 Å². The van der Waals surface area contributed by atoms with Gasteiger partial charge in [0.1, 0.15) is 24.4 Å². The third-order valence-electron chi connectivity index (χ3n) is 4.16. The molecule has 0 spiro atoms. The fourth-order valence-electron chi connectivity index (χ4n) is 3.44. The third kappa shape index (κ3) is 1.65. The summed E-state index contributed by atoms with van der Waals surface area (Å²) in [6, 6.07) is 0. The molecule has 2 bridgehead atoms. The van der Waals surface area contributed by atoms with Crippen LogP contribution in [0.25, 0.3) is 0 Å². The molecule has 4 aliphatic rings. The summed E-state index contributed by atoms with van der Waals surface area (Å²) in [5.74, 6) is -2.11. The van der Waals surface area contributed by atoms with Crippen LogP contribution < -0.4 is 0 Å². The van der Waals surface area contributed by atoms with Crippen LogP contribution in [0.5, 0.6) is 0 Å². The second-order valence-electron chi connectivity index (χ2n) is 6.53. The van der Waals surface area contributed by atoms with Gasteiger partial charge in [-0.2, -0.15) is 0 Å². The summed E-state index contributed by atoms with van der Waals surface area (Å²) >= 11 is 0. The topological polar surface area (TPSA) is 55.4 Å². The summed E-state index contributed by atoms with van der Waals surface area (Å²) in [7, 11) is 0. The second kappa shape index (κ2) is 3.50. The van der Waals surface area contributed by atoms with Crippen LogP contribution in [-0.4, -0.2) is 55.0 Å². The molecule has 4 fully saturated rings. The Morgan fingerprint density at radius 3 is 2.26 bits per heavy atom. The average molecular weight is 272 g/mol. The van der Waals surface area contributed by atoms with Gasteiger partial charge in [0.05, 0.1) is 13.2 Å². The maximum absolute atomic E-state index is 6.02. The predicted octanol–water partition coefficient (Wildman–Crippen LogP) is 0.783. The van der Waals surface area contributed by atoms with Crippen molar-refractivity contribution in [2.45, 2.75) is 69.5 Å². The normalized spacial score (nSPS) is 53.7. The minimum Gasteiger partial charge on any atom is -0.348 e. The van der Waals surface area contributed by atoms with Crippen molar-refractivity contribution in [1.82, 2.24) is 0 Å². The van der Waals surface area contributed by atoms with E-state index < -0.39 is 17.4 Å². The second-order valence-corrected chi connectivity index (χ2v) is 6.53. The van der Waals surface area contributed by atoms with Crippen molar-refractivity contribution in [2.24, 2.45) is 0 Å².